The van der Waals surface area contributed by atoms with E-state index < -0.39 is 0 Å². The van der Waals surface area contributed by atoms with Crippen molar-refractivity contribution in [3.63, 3.8) is 0 Å². The number of ether oxygens (including phenoxy) is 1. The largest absolute Gasteiger partial charge is 0.495 e. The van der Waals surface area contributed by atoms with Gasteiger partial charge in [-0.3, -0.25) is 0 Å². The van der Waals surface area contributed by atoms with Crippen molar-refractivity contribution in [2.24, 2.45) is 0 Å². The van der Waals surface area contributed by atoms with E-state index >= 15 is 0 Å². The molecule has 0 amide bonds. The van der Waals surface area contributed by atoms with Crippen molar-refractivity contribution in [3.8, 4) is 5.75 Å². The number of nitrogens with zero attached hydrogens (tertiary/aromatic N) is 1. The highest BCUT2D eigenvalue weighted by Crippen LogP contribution is 2.32. The number of methoxy groups -OCH3 is 1. The van der Waals surface area contributed by atoms with E-state index in [0.29, 0.717) is 0 Å². The topological polar surface area (TPSA) is 24.5 Å². The summed E-state index contributed by atoms with van der Waals surface area (Å²) in [6, 6.07) is 3.93. The van der Waals surface area contributed by atoms with Crippen LogP contribution < -0.4 is 15.0 Å². The maximum absolute atomic E-state index is 6.15. The zero-order valence-corrected chi connectivity index (χ0v) is 11.8. The van der Waals surface area contributed by atoms with Crippen LogP contribution in [0.5, 0.6) is 5.75 Å². The molecule has 0 unspecified atom stereocenters. The van der Waals surface area contributed by atoms with Gasteiger partial charge in [-0.05, 0) is 31.2 Å². The highest BCUT2D eigenvalue weighted by atomic mass is 35.5. The molecule has 0 aliphatic rings. The first-order valence-corrected chi connectivity index (χ1v) is 6.24. The summed E-state index contributed by atoms with van der Waals surface area (Å²) in [6.07, 6.45) is 0. The molecule has 0 heterocycles. The fourth-order valence-corrected chi connectivity index (χ4v) is 1.81. The molecule has 0 aromatic heterocycles. The van der Waals surface area contributed by atoms with Crippen LogP contribution in [-0.2, 0) is 0 Å². The van der Waals surface area contributed by atoms with E-state index in [0.717, 1.165) is 41.7 Å². The average molecular weight is 257 g/mol. The van der Waals surface area contributed by atoms with Gasteiger partial charge in [0.05, 0.1) is 12.8 Å². The maximum atomic E-state index is 6.15. The molecule has 17 heavy (non-hydrogen) atoms. The minimum Gasteiger partial charge on any atom is -0.495 e. The van der Waals surface area contributed by atoms with Crippen molar-refractivity contribution in [1.82, 2.24) is 5.32 Å². The minimum atomic E-state index is 0.774. The summed E-state index contributed by atoms with van der Waals surface area (Å²) in [6.45, 7) is 6.93. The van der Waals surface area contributed by atoms with Gasteiger partial charge in [0.25, 0.3) is 0 Å². The number of likely N-dealkylation sites (N-methyl/N-ethyl adjacent to an activating group) is 2. The SMILES string of the molecule is CCNCCN(C)c1cc(Cl)c(C)cc1OC. The number of benzene rings is 1. The molecular formula is C13H21ClN2O. The van der Waals surface area contributed by atoms with Gasteiger partial charge in [0, 0.05) is 25.2 Å². The van der Waals surface area contributed by atoms with Crippen LogP contribution in [0, 0.1) is 6.92 Å². The van der Waals surface area contributed by atoms with Crippen molar-refractivity contribution >= 4 is 17.3 Å². The molecule has 1 N–H and O–H groups in total. The quantitative estimate of drug-likeness (QED) is 0.792. The molecule has 0 saturated heterocycles. The van der Waals surface area contributed by atoms with Crippen LogP contribution in [0.15, 0.2) is 12.1 Å². The number of hydrogen-bond acceptors (Lipinski definition) is 3. The molecule has 96 valence electrons. The van der Waals surface area contributed by atoms with Crippen molar-refractivity contribution in [1.29, 1.82) is 0 Å². The molecule has 3 nitrogen and oxygen atoms in total. The Morgan fingerprint density at radius 1 is 1.41 bits per heavy atom. The standard InChI is InChI=1S/C13H21ClN2O/c1-5-15-6-7-16(3)12-9-11(14)10(2)8-13(12)17-4/h8-9,15H,5-7H2,1-4H3. The lowest BCUT2D eigenvalue weighted by Gasteiger charge is -2.22. The molecule has 1 aromatic rings. The fourth-order valence-electron chi connectivity index (χ4n) is 1.65. The lowest BCUT2D eigenvalue weighted by molar-refractivity contribution is 0.414. The van der Waals surface area contributed by atoms with E-state index in [4.69, 9.17) is 16.3 Å². The molecule has 0 aliphatic carbocycles. The van der Waals surface area contributed by atoms with E-state index in [1.54, 1.807) is 7.11 Å². The van der Waals surface area contributed by atoms with Crippen molar-refractivity contribution in [2.75, 3.05) is 38.7 Å². The van der Waals surface area contributed by atoms with Gasteiger partial charge < -0.3 is 15.0 Å². The highest BCUT2D eigenvalue weighted by molar-refractivity contribution is 6.31. The third-order valence-corrected chi connectivity index (χ3v) is 3.15. The molecule has 0 atom stereocenters. The molecule has 1 rings (SSSR count). The van der Waals surface area contributed by atoms with Crippen LogP contribution in [-0.4, -0.2) is 33.8 Å². The van der Waals surface area contributed by atoms with Gasteiger partial charge in [0.2, 0.25) is 0 Å². The third-order valence-electron chi connectivity index (χ3n) is 2.75. The summed E-state index contributed by atoms with van der Waals surface area (Å²) in [7, 11) is 3.73. The third kappa shape index (κ3) is 3.79. The zero-order chi connectivity index (χ0) is 12.8. The molecule has 0 spiro atoms. The summed E-state index contributed by atoms with van der Waals surface area (Å²) >= 11 is 6.15. The lowest BCUT2D eigenvalue weighted by Crippen LogP contribution is -2.29. The molecule has 0 radical (unpaired) electrons. The molecule has 0 bridgehead atoms. The number of hydrogen-bond donors (Lipinski definition) is 1. The summed E-state index contributed by atoms with van der Waals surface area (Å²) < 4.78 is 5.39. The maximum Gasteiger partial charge on any atom is 0.142 e. The van der Waals surface area contributed by atoms with E-state index in [2.05, 4.69) is 17.1 Å². The van der Waals surface area contributed by atoms with Crippen LogP contribution >= 0.6 is 11.6 Å². The summed E-state index contributed by atoms with van der Waals surface area (Å²) in [5.74, 6) is 0.867. The monoisotopic (exact) mass is 256 g/mol. The summed E-state index contributed by atoms with van der Waals surface area (Å²) in [4.78, 5) is 2.15. The number of rotatable bonds is 6. The molecule has 0 saturated carbocycles. The van der Waals surface area contributed by atoms with Crippen LogP contribution in [0.25, 0.3) is 0 Å². The molecule has 1 aromatic carbocycles. The second kappa shape index (κ2) is 6.72. The lowest BCUT2D eigenvalue weighted by atomic mass is 10.2. The second-order valence-corrected chi connectivity index (χ2v) is 4.46. The van der Waals surface area contributed by atoms with Gasteiger partial charge >= 0.3 is 0 Å². The second-order valence-electron chi connectivity index (χ2n) is 4.05. The van der Waals surface area contributed by atoms with E-state index in [1.165, 1.54) is 0 Å². The van der Waals surface area contributed by atoms with Crippen LogP contribution in [0.1, 0.15) is 12.5 Å². The number of aryl methyl sites for hydroxylation is 1. The van der Waals surface area contributed by atoms with Crippen molar-refractivity contribution < 1.29 is 4.74 Å². The van der Waals surface area contributed by atoms with Gasteiger partial charge in [-0.25, -0.2) is 0 Å². The first kappa shape index (κ1) is 14.1. The minimum absolute atomic E-state index is 0.774. The Labute approximate surface area is 109 Å². The predicted molar refractivity (Wildman–Crippen MR) is 74.6 cm³/mol. The Kier molecular flexibility index (Phi) is 5.59. The van der Waals surface area contributed by atoms with E-state index in [1.807, 2.05) is 26.1 Å². The van der Waals surface area contributed by atoms with Crippen molar-refractivity contribution in [2.45, 2.75) is 13.8 Å². The predicted octanol–water partition coefficient (Wildman–Crippen LogP) is 2.70. The van der Waals surface area contributed by atoms with Gasteiger partial charge in [-0.15, -0.1) is 0 Å². The van der Waals surface area contributed by atoms with Crippen LogP contribution in [0.3, 0.4) is 0 Å². The van der Waals surface area contributed by atoms with Gasteiger partial charge in [-0.2, -0.15) is 0 Å². The first-order valence-electron chi connectivity index (χ1n) is 5.86. The highest BCUT2D eigenvalue weighted by Gasteiger charge is 2.10. The molecule has 0 fully saturated rings. The fraction of sp³-hybridized carbons (Fsp3) is 0.538. The van der Waals surface area contributed by atoms with Gasteiger partial charge in [0.15, 0.2) is 0 Å². The smallest absolute Gasteiger partial charge is 0.142 e. The summed E-state index contributed by atoms with van der Waals surface area (Å²) in [5.41, 5.74) is 2.06. The van der Waals surface area contributed by atoms with Crippen LogP contribution in [0.2, 0.25) is 5.02 Å². The molecule has 4 heteroatoms. The Morgan fingerprint density at radius 3 is 2.71 bits per heavy atom. The normalized spacial score (nSPS) is 10.4. The number of anilines is 1. The Balaban J connectivity index is 2.84. The number of nitrogens with one attached hydrogen (secondary N) is 1. The molecular weight excluding hydrogens is 236 g/mol. The Morgan fingerprint density at radius 2 is 2.12 bits per heavy atom. The Bertz CT molecular complexity index is 369. The number of halogens is 1. The first-order chi connectivity index (χ1) is 8.10. The van der Waals surface area contributed by atoms with Crippen molar-refractivity contribution in [3.05, 3.63) is 22.7 Å². The van der Waals surface area contributed by atoms with Gasteiger partial charge in [-0.1, -0.05) is 18.5 Å². The Hall–Kier alpha value is -0.930. The average Bonchev–Trinajstić information content (AvgIpc) is 2.32. The van der Waals surface area contributed by atoms with Gasteiger partial charge in [0.1, 0.15) is 5.75 Å². The molecule has 0 aliphatic heterocycles. The van der Waals surface area contributed by atoms with E-state index in [9.17, 15) is 0 Å². The zero-order valence-electron chi connectivity index (χ0n) is 11.0. The van der Waals surface area contributed by atoms with Crippen LogP contribution in [0.4, 0.5) is 5.69 Å². The summed E-state index contributed by atoms with van der Waals surface area (Å²) in [5, 5.41) is 4.07. The van der Waals surface area contributed by atoms with E-state index in [-0.39, 0.29) is 0 Å².